The molecular weight excluding hydrogens is 190 g/mol. The number of nitrogens with two attached hydrogens (primary N) is 1. The van der Waals surface area contributed by atoms with Crippen LogP contribution >= 0.6 is 0 Å². The Bertz CT molecular complexity index is 129. The van der Waals surface area contributed by atoms with Gasteiger partial charge >= 0.3 is 0 Å². The molecule has 0 aliphatic carbocycles. The minimum absolute atomic E-state index is 0.121. The molecule has 0 rings (SSSR count). The number of ether oxygens (including phenoxy) is 2. The van der Waals surface area contributed by atoms with E-state index in [1.807, 2.05) is 0 Å². The van der Waals surface area contributed by atoms with Crippen LogP contribution in [0.3, 0.4) is 0 Å². The first-order chi connectivity index (χ1) is 7.16. The SMILES string of the molecule is CCCOCC(N)CCOCCC(C)C. The summed E-state index contributed by atoms with van der Waals surface area (Å²) in [6, 6.07) is 0.121. The van der Waals surface area contributed by atoms with E-state index >= 15 is 0 Å². The van der Waals surface area contributed by atoms with Crippen molar-refractivity contribution in [3.8, 4) is 0 Å². The molecule has 3 nitrogen and oxygen atoms in total. The van der Waals surface area contributed by atoms with Gasteiger partial charge in [-0.15, -0.1) is 0 Å². The summed E-state index contributed by atoms with van der Waals surface area (Å²) in [5.74, 6) is 0.714. The molecule has 1 unspecified atom stereocenters. The topological polar surface area (TPSA) is 44.5 Å². The summed E-state index contributed by atoms with van der Waals surface area (Å²) in [6.07, 6.45) is 3.07. The number of hydrogen-bond donors (Lipinski definition) is 1. The second kappa shape index (κ2) is 10.4. The molecule has 0 aromatic rings. The normalized spacial score (nSPS) is 13.4. The number of rotatable bonds is 10. The van der Waals surface area contributed by atoms with Crippen LogP contribution in [0.1, 0.15) is 40.0 Å². The van der Waals surface area contributed by atoms with Gasteiger partial charge in [0, 0.05) is 25.9 Å². The molecule has 0 saturated carbocycles. The third kappa shape index (κ3) is 11.8. The van der Waals surface area contributed by atoms with Gasteiger partial charge in [0.25, 0.3) is 0 Å². The van der Waals surface area contributed by atoms with E-state index in [1.165, 1.54) is 0 Å². The summed E-state index contributed by atoms with van der Waals surface area (Å²) in [5.41, 5.74) is 5.85. The Hall–Kier alpha value is -0.120. The van der Waals surface area contributed by atoms with Gasteiger partial charge in [-0.2, -0.15) is 0 Å². The van der Waals surface area contributed by atoms with Gasteiger partial charge < -0.3 is 15.2 Å². The minimum atomic E-state index is 0.121. The third-order valence-electron chi connectivity index (χ3n) is 2.15. The molecule has 0 aliphatic heterocycles. The van der Waals surface area contributed by atoms with Crippen LogP contribution in [0.5, 0.6) is 0 Å². The third-order valence-corrected chi connectivity index (χ3v) is 2.15. The van der Waals surface area contributed by atoms with Crippen molar-refractivity contribution in [1.82, 2.24) is 0 Å². The van der Waals surface area contributed by atoms with E-state index in [0.717, 1.165) is 39.1 Å². The zero-order valence-electron chi connectivity index (χ0n) is 10.5. The lowest BCUT2D eigenvalue weighted by Crippen LogP contribution is -2.28. The lowest BCUT2D eigenvalue weighted by atomic mass is 10.1. The van der Waals surface area contributed by atoms with Crippen LogP contribution in [-0.4, -0.2) is 32.5 Å². The minimum Gasteiger partial charge on any atom is -0.381 e. The second-order valence-corrected chi connectivity index (χ2v) is 4.42. The molecule has 0 heterocycles. The molecule has 3 heteroatoms. The zero-order chi connectivity index (χ0) is 11.5. The maximum Gasteiger partial charge on any atom is 0.0618 e. The van der Waals surface area contributed by atoms with Crippen LogP contribution in [0, 0.1) is 5.92 Å². The molecule has 0 bridgehead atoms. The van der Waals surface area contributed by atoms with Gasteiger partial charge in [-0.3, -0.25) is 0 Å². The highest BCUT2D eigenvalue weighted by Crippen LogP contribution is 2.00. The Morgan fingerprint density at radius 1 is 1.00 bits per heavy atom. The van der Waals surface area contributed by atoms with E-state index in [1.54, 1.807) is 0 Å². The fourth-order valence-corrected chi connectivity index (χ4v) is 1.12. The van der Waals surface area contributed by atoms with Crippen molar-refractivity contribution in [2.24, 2.45) is 11.7 Å². The molecule has 92 valence electrons. The first kappa shape index (κ1) is 14.9. The zero-order valence-corrected chi connectivity index (χ0v) is 10.5. The fourth-order valence-electron chi connectivity index (χ4n) is 1.12. The summed E-state index contributed by atoms with van der Waals surface area (Å²) in [5, 5.41) is 0. The van der Waals surface area contributed by atoms with Crippen LogP contribution in [-0.2, 0) is 9.47 Å². The van der Waals surface area contributed by atoms with Crippen molar-refractivity contribution in [2.45, 2.75) is 46.1 Å². The lowest BCUT2D eigenvalue weighted by Gasteiger charge is -2.12. The summed E-state index contributed by atoms with van der Waals surface area (Å²) in [7, 11) is 0. The Kier molecular flexibility index (Phi) is 10.3. The molecule has 1 atom stereocenters. The van der Waals surface area contributed by atoms with Gasteiger partial charge in [0.2, 0.25) is 0 Å². The average molecular weight is 217 g/mol. The molecule has 2 N–H and O–H groups in total. The van der Waals surface area contributed by atoms with E-state index < -0.39 is 0 Å². The Morgan fingerprint density at radius 3 is 2.27 bits per heavy atom. The molecular formula is C12H27NO2. The van der Waals surface area contributed by atoms with Gasteiger partial charge in [0.05, 0.1) is 6.61 Å². The molecule has 0 spiro atoms. The lowest BCUT2D eigenvalue weighted by molar-refractivity contribution is 0.0882. The van der Waals surface area contributed by atoms with E-state index in [0.29, 0.717) is 12.5 Å². The predicted octanol–water partition coefficient (Wildman–Crippen LogP) is 2.19. The summed E-state index contributed by atoms with van der Waals surface area (Å²) in [6.45, 7) is 9.56. The van der Waals surface area contributed by atoms with E-state index in [-0.39, 0.29) is 6.04 Å². The van der Waals surface area contributed by atoms with Crippen molar-refractivity contribution < 1.29 is 9.47 Å². The average Bonchev–Trinajstić information content (AvgIpc) is 2.17. The van der Waals surface area contributed by atoms with Crippen molar-refractivity contribution in [2.75, 3.05) is 26.4 Å². The highest BCUT2D eigenvalue weighted by Gasteiger charge is 2.02. The first-order valence-electron chi connectivity index (χ1n) is 6.07. The van der Waals surface area contributed by atoms with Crippen molar-refractivity contribution in [3.63, 3.8) is 0 Å². The van der Waals surface area contributed by atoms with Gasteiger partial charge in [-0.25, -0.2) is 0 Å². The predicted molar refractivity (Wildman–Crippen MR) is 64.0 cm³/mol. The summed E-state index contributed by atoms with van der Waals surface area (Å²) in [4.78, 5) is 0. The smallest absolute Gasteiger partial charge is 0.0618 e. The molecule has 0 amide bonds. The second-order valence-electron chi connectivity index (χ2n) is 4.42. The van der Waals surface area contributed by atoms with Gasteiger partial charge in [0.15, 0.2) is 0 Å². The van der Waals surface area contributed by atoms with Crippen LogP contribution in [0.4, 0.5) is 0 Å². The standard InChI is InChI=1S/C12H27NO2/c1-4-7-15-10-12(13)6-9-14-8-5-11(2)3/h11-12H,4-10,13H2,1-3H3. The van der Waals surface area contributed by atoms with E-state index in [9.17, 15) is 0 Å². The van der Waals surface area contributed by atoms with Gasteiger partial charge in [0.1, 0.15) is 0 Å². The van der Waals surface area contributed by atoms with Crippen molar-refractivity contribution in [1.29, 1.82) is 0 Å². The molecule has 0 aromatic heterocycles. The van der Waals surface area contributed by atoms with Crippen molar-refractivity contribution >= 4 is 0 Å². The van der Waals surface area contributed by atoms with Crippen LogP contribution in [0.2, 0.25) is 0 Å². The molecule has 0 aliphatic rings. The maximum absolute atomic E-state index is 5.85. The molecule has 0 saturated heterocycles. The largest absolute Gasteiger partial charge is 0.381 e. The summed E-state index contributed by atoms with van der Waals surface area (Å²) >= 11 is 0. The number of hydrogen-bond acceptors (Lipinski definition) is 3. The van der Waals surface area contributed by atoms with Crippen LogP contribution < -0.4 is 5.73 Å². The van der Waals surface area contributed by atoms with Gasteiger partial charge in [-0.1, -0.05) is 20.8 Å². The summed E-state index contributed by atoms with van der Waals surface area (Å²) < 4.78 is 10.8. The van der Waals surface area contributed by atoms with E-state index in [4.69, 9.17) is 15.2 Å². The van der Waals surface area contributed by atoms with Crippen LogP contribution in [0.15, 0.2) is 0 Å². The van der Waals surface area contributed by atoms with Crippen molar-refractivity contribution in [3.05, 3.63) is 0 Å². The maximum atomic E-state index is 5.85. The molecule has 0 radical (unpaired) electrons. The Balaban J connectivity index is 3.13. The van der Waals surface area contributed by atoms with Crippen LogP contribution in [0.25, 0.3) is 0 Å². The first-order valence-corrected chi connectivity index (χ1v) is 6.07. The molecule has 0 aromatic carbocycles. The highest BCUT2D eigenvalue weighted by molar-refractivity contribution is 4.59. The van der Waals surface area contributed by atoms with Gasteiger partial charge in [-0.05, 0) is 25.2 Å². The Morgan fingerprint density at radius 2 is 1.67 bits per heavy atom. The van der Waals surface area contributed by atoms with E-state index in [2.05, 4.69) is 20.8 Å². The monoisotopic (exact) mass is 217 g/mol. The molecule has 0 fully saturated rings. The fraction of sp³-hybridized carbons (Fsp3) is 1.00. The highest BCUT2D eigenvalue weighted by atomic mass is 16.5. The Labute approximate surface area is 94.3 Å². The quantitative estimate of drug-likeness (QED) is 0.570. The molecule has 15 heavy (non-hydrogen) atoms.